The highest BCUT2D eigenvalue weighted by Crippen LogP contribution is 2.21. The number of rotatable bonds is 5. The summed E-state index contributed by atoms with van der Waals surface area (Å²) in [5.74, 6) is -0.625. The summed E-state index contributed by atoms with van der Waals surface area (Å²) >= 11 is 0. The van der Waals surface area contributed by atoms with Gasteiger partial charge in [-0.2, -0.15) is 0 Å². The minimum Gasteiger partial charge on any atom is -0.389 e. The van der Waals surface area contributed by atoms with E-state index in [1.807, 2.05) is 0 Å². The fourth-order valence-electron chi connectivity index (χ4n) is 2.37. The molecule has 22 heavy (non-hydrogen) atoms. The number of β-amino-alcohol motifs (C(OH)–C–C–N with tert-alkyl or cyclic N) is 2. The number of carbonyl (C=O) groups excluding carboxylic acids is 2. The average molecular weight is 308 g/mol. The lowest BCUT2D eigenvalue weighted by atomic mass is 10.0. The van der Waals surface area contributed by atoms with Crippen molar-refractivity contribution in [1.29, 1.82) is 0 Å². The molecule has 1 aromatic rings. The molecule has 0 aliphatic carbocycles. The molecular formula is C14H20N4O4. The first-order valence-electron chi connectivity index (χ1n) is 6.97. The number of pyridine rings is 1. The molecule has 1 aliphatic rings. The van der Waals surface area contributed by atoms with Crippen molar-refractivity contribution >= 4 is 11.8 Å². The molecule has 1 aliphatic heterocycles. The van der Waals surface area contributed by atoms with Gasteiger partial charge in [0.15, 0.2) is 0 Å². The Morgan fingerprint density at radius 1 is 1.50 bits per heavy atom. The van der Waals surface area contributed by atoms with E-state index in [-0.39, 0.29) is 37.8 Å². The number of hydrogen-bond acceptors (Lipinski definition) is 6. The molecule has 2 amide bonds. The van der Waals surface area contributed by atoms with Gasteiger partial charge in [0.1, 0.15) is 11.3 Å². The molecular weight excluding hydrogens is 288 g/mol. The van der Waals surface area contributed by atoms with E-state index in [4.69, 9.17) is 0 Å². The second-order valence-electron chi connectivity index (χ2n) is 5.36. The Hall–Kier alpha value is -2.03. The number of hydrogen-bond donors (Lipinski definition) is 4. The SMILES string of the molecule is CNC(=O)CN1C[C@@H](O)[C@](O)(CNC(=O)c2ccccn2)C1. The molecule has 0 bridgehead atoms. The topological polar surface area (TPSA) is 115 Å². The number of aromatic nitrogens is 1. The molecule has 2 heterocycles. The number of amides is 2. The molecule has 1 fully saturated rings. The van der Waals surface area contributed by atoms with E-state index >= 15 is 0 Å². The van der Waals surface area contributed by atoms with Crippen molar-refractivity contribution < 1.29 is 19.8 Å². The maximum atomic E-state index is 11.9. The summed E-state index contributed by atoms with van der Waals surface area (Å²) in [7, 11) is 1.52. The first-order chi connectivity index (χ1) is 10.4. The van der Waals surface area contributed by atoms with Gasteiger partial charge in [0.25, 0.3) is 5.91 Å². The van der Waals surface area contributed by atoms with E-state index in [0.29, 0.717) is 0 Å². The lowest BCUT2D eigenvalue weighted by Crippen LogP contribution is -2.51. The standard InChI is InChI=1S/C14H20N4O4/c1-15-12(20)7-18-6-11(19)14(22,9-18)8-17-13(21)10-4-2-3-5-16-10/h2-5,11,19,22H,6-9H2,1H3,(H,15,20)(H,17,21)/t11-,14+/m1/s1. The van der Waals surface area contributed by atoms with Crippen molar-refractivity contribution in [3.05, 3.63) is 30.1 Å². The summed E-state index contributed by atoms with van der Waals surface area (Å²) in [5, 5.41) is 25.5. The summed E-state index contributed by atoms with van der Waals surface area (Å²) < 4.78 is 0. The van der Waals surface area contributed by atoms with Crippen LogP contribution in [0.2, 0.25) is 0 Å². The lowest BCUT2D eigenvalue weighted by Gasteiger charge is -2.26. The summed E-state index contributed by atoms with van der Waals surface area (Å²) in [6.07, 6.45) is 0.459. The van der Waals surface area contributed by atoms with Crippen LogP contribution in [0.1, 0.15) is 10.5 Å². The van der Waals surface area contributed by atoms with E-state index in [0.717, 1.165) is 0 Å². The van der Waals surface area contributed by atoms with Crippen LogP contribution in [0.25, 0.3) is 0 Å². The van der Waals surface area contributed by atoms with Crippen LogP contribution in [0.3, 0.4) is 0 Å². The fourth-order valence-corrected chi connectivity index (χ4v) is 2.37. The van der Waals surface area contributed by atoms with Crippen LogP contribution < -0.4 is 10.6 Å². The van der Waals surface area contributed by atoms with Crippen molar-refractivity contribution in [2.75, 3.05) is 33.2 Å². The van der Waals surface area contributed by atoms with Crippen LogP contribution in [0.15, 0.2) is 24.4 Å². The Balaban J connectivity index is 1.91. The molecule has 0 unspecified atom stereocenters. The smallest absolute Gasteiger partial charge is 0.269 e. The second kappa shape index (κ2) is 6.82. The predicted molar refractivity (Wildman–Crippen MR) is 78.0 cm³/mol. The van der Waals surface area contributed by atoms with E-state index in [1.54, 1.807) is 23.1 Å². The minimum absolute atomic E-state index is 0.0874. The van der Waals surface area contributed by atoms with Crippen molar-refractivity contribution in [2.24, 2.45) is 0 Å². The zero-order valence-electron chi connectivity index (χ0n) is 12.3. The van der Waals surface area contributed by atoms with Gasteiger partial charge in [-0.25, -0.2) is 0 Å². The van der Waals surface area contributed by atoms with Crippen molar-refractivity contribution in [2.45, 2.75) is 11.7 Å². The number of likely N-dealkylation sites (N-methyl/N-ethyl adjacent to an activating group) is 1. The lowest BCUT2D eigenvalue weighted by molar-refractivity contribution is -0.121. The third-order valence-corrected chi connectivity index (χ3v) is 3.65. The quantitative estimate of drug-likeness (QED) is 0.498. The zero-order chi connectivity index (χ0) is 16.2. The van der Waals surface area contributed by atoms with Crippen LogP contribution in [0.5, 0.6) is 0 Å². The first-order valence-corrected chi connectivity index (χ1v) is 6.97. The van der Waals surface area contributed by atoms with Gasteiger partial charge in [0.05, 0.1) is 19.2 Å². The Kier molecular flexibility index (Phi) is 5.07. The molecule has 4 N–H and O–H groups in total. The normalized spacial score (nSPS) is 25.0. The van der Waals surface area contributed by atoms with Gasteiger partial charge < -0.3 is 20.8 Å². The second-order valence-corrected chi connectivity index (χ2v) is 5.36. The molecule has 2 atom stereocenters. The molecule has 2 rings (SSSR count). The van der Waals surface area contributed by atoms with Gasteiger partial charge in [-0.3, -0.25) is 19.5 Å². The number of aliphatic hydroxyl groups is 2. The number of nitrogens with zero attached hydrogens (tertiary/aromatic N) is 2. The summed E-state index contributed by atoms with van der Waals surface area (Å²) in [6, 6.07) is 4.94. The number of likely N-dealkylation sites (tertiary alicyclic amines) is 1. The van der Waals surface area contributed by atoms with E-state index in [2.05, 4.69) is 15.6 Å². The molecule has 0 spiro atoms. The largest absolute Gasteiger partial charge is 0.389 e. The van der Waals surface area contributed by atoms with Gasteiger partial charge in [-0.05, 0) is 12.1 Å². The Morgan fingerprint density at radius 2 is 2.27 bits per heavy atom. The fraction of sp³-hybridized carbons (Fsp3) is 0.500. The molecule has 1 saturated heterocycles. The molecule has 0 aromatic carbocycles. The highest BCUT2D eigenvalue weighted by atomic mass is 16.3. The van der Waals surface area contributed by atoms with E-state index < -0.39 is 17.6 Å². The highest BCUT2D eigenvalue weighted by molar-refractivity contribution is 5.92. The van der Waals surface area contributed by atoms with E-state index in [9.17, 15) is 19.8 Å². The average Bonchev–Trinajstić information content (AvgIpc) is 2.80. The molecule has 1 aromatic heterocycles. The maximum absolute atomic E-state index is 11.9. The third-order valence-electron chi connectivity index (χ3n) is 3.65. The van der Waals surface area contributed by atoms with Gasteiger partial charge in [0.2, 0.25) is 5.91 Å². The number of aliphatic hydroxyl groups excluding tert-OH is 1. The van der Waals surface area contributed by atoms with Gasteiger partial charge in [0, 0.05) is 26.3 Å². The minimum atomic E-state index is -1.49. The Bertz CT molecular complexity index is 539. The highest BCUT2D eigenvalue weighted by Gasteiger charge is 2.44. The maximum Gasteiger partial charge on any atom is 0.269 e. The van der Waals surface area contributed by atoms with Crippen LogP contribution in [0, 0.1) is 0 Å². The van der Waals surface area contributed by atoms with Crippen LogP contribution in [-0.2, 0) is 4.79 Å². The number of carbonyl (C=O) groups is 2. The Morgan fingerprint density at radius 3 is 2.91 bits per heavy atom. The van der Waals surface area contributed by atoms with Gasteiger partial charge in [-0.1, -0.05) is 6.07 Å². The van der Waals surface area contributed by atoms with E-state index in [1.165, 1.54) is 13.2 Å². The van der Waals surface area contributed by atoms with Crippen LogP contribution in [-0.4, -0.2) is 76.8 Å². The van der Waals surface area contributed by atoms with Crippen LogP contribution >= 0.6 is 0 Å². The van der Waals surface area contributed by atoms with Crippen molar-refractivity contribution in [1.82, 2.24) is 20.5 Å². The molecule has 8 nitrogen and oxygen atoms in total. The van der Waals surface area contributed by atoms with Crippen molar-refractivity contribution in [3.63, 3.8) is 0 Å². The molecule has 120 valence electrons. The first kappa shape index (κ1) is 16.3. The zero-order valence-corrected chi connectivity index (χ0v) is 12.3. The molecule has 0 saturated carbocycles. The summed E-state index contributed by atoms with van der Waals surface area (Å²) in [6.45, 7) is 0.241. The van der Waals surface area contributed by atoms with Crippen molar-refractivity contribution in [3.8, 4) is 0 Å². The monoisotopic (exact) mass is 308 g/mol. The predicted octanol–water partition coefficient (Wildman–Crippen LogP) is -2.03. The third kappa shape index (κ3) is 3.79. The summed E-state index contributed by atoms with van der Waals surface area (Å²) in [5.41, 5.74) is -1.25. The molecule has 8 heteroatoms. The van der Waals surface area contributed by atoms with Gasteiger partial charge >= 0.3 is 0 Å². The Labute approximate surface area is 128 Å². The summed E-state index contributed by atoms with van der Waals surface area (Å²) in [4.78, 5) is 28.8. The molecule has 0 radical (unpaired) electrons. The number of nitrogens with one attached hydrogen (secondary N) is 2. The van der Waals surface area contributed by atoms with Gasteiger partial charge in [-0.15, -0.1) is 0 Å². The van der Waals surface area contributed by atoms with Crippen LogP contribution in [0.4, 0.5) is 0 Å².